The number of ether oxygens (including phenoxy) is 4. The van der Waals surface area contributed by atoms with Crippen LogP contribution in [0.1, 0.15) is 19.4 Å². The Bertz CT molecular complexity index is 653. The van der Waals surface area contributed by atoms with Gasteiger partial charge in [0.05, 0.1) is 12.2 Å². The summed E-state index contributed by atoms with van der Waals surface area (Å²) in [7, 11) is 0. The topological polar surface area (TPSA) is 94.5 Å². The van der Waals surface area contributed by atoms with Crippen LogP contribution in [0.15, 0.2) is 18.2 Å². The summed E-state index contributed by atoms with van der Waals surface area (Å²) in [5.74, 6) is 0.487. The van der Waals surface area contributed by atoms with Crippen molar-refractivity contribution in [3.05, 3.63) is 23.8 Å². The molecule has 1 aliphatic rings. The third-order valence-corrected chi connectivity index (χ3v) is 3.48. The number of fused-ring (bicyclic) bond motifs is 1. The molecule has 0 radical (unpaired) electrons. The molecule has 0 saturated heterocycles. The molecular weight excluding hydrogens is 330 g/mol. The number of aliphatic hydroxyl groups excluding tert-OH is 1. The van der Waals surface area contributed by atoms with Crippen molar-refractivity contribution < 1.29 is 33.6 Å². The van der Waals surface area contributed by atoms with Crippen LogP contribution in [-0.4, -0.2) is 55.2 Å². The van der Waals surface area contributed by atoms with E-state index in [9.17, 15) is 9.59 Å². The highest BCUT2D eigenvalue weighted by Gasteiger charge is 2.23. The van der Waals surface area contributed by atoms with Gasteiger partial charge < -0.3 is 29.0 Å². The largest absolute Gasteiger partial charge is 0.460 e. The van der Waals surface area contributed by atoms with Gasteiger partial charge in [-0.25, -0.2) is 9.59 Å². The predicted octanol–water partition coefficient (Wildman–Crippen LogP) is 1.80. The maximum Gasteiger partial charge on any atom is 0.415 e. The molecule has 0 unspecified atom stereocenters. The van der Waals surface area contributed by atoms with Gasteiger partial charge in [-0.3, -0.25) is 0 Å². The van der Waals surface area contributed by atoms with Crippen molar-refractivity contribution in [2.24, 2.45) is 0 Å². The number of rotatable bonds is 7. The molecule has 1 N–H and O–H groups in total. The highest BCUT2D eigenvalue weighted by Crippen LogP contribution is 2.41. The molecule has 0 bridgehead atoms. The molecule has 0 aliphatic carbocycles. The van der Waals surface area contributed by atoms with Gasteiger partial charge in [0.2, 0.25) is 6.79 Å². The van der Waals surface area contributed by atoms with Gasteiger partial charge in [0.25, 0.3) is 0 Å². The van der Waals surface area contributed by atoms with Crippen LogP contribution >= 0.6 is 0 Å². The Morgan fingerprint density at radius 3 is 2.72 bits per heavy atom. The number of carbonyl (C=O) groups is 2. The molecule has 136 valence electrons. The summed E-state index contributed by atoms with van der Waals surface area (Å²) in [6.07, 6.45) is 2.10. The number of hydrogen-bond acceptors (Lipinski definition) is 7. The van der Waals surface area contributed by atoms with Crippen LogP contribution in [-0.2, 0) is 9.53 Å². The Morgan fingerprint density at radius 2 is 2.04 bits per heavy atom. The third kappa shape index (κ3) is 4.63. The fourth-order valence-electron chi connectivity index (χ4n) is 2.21. The van der Waals surface area contributed by atoms with Crippen molar-refractivity contribution in [3.63, 3.8) is 0 Å². The lowest BCUT2D eigenvalue weighted by Gasteiger charge is -2.19. The van der Waals surface area contributed by atoms with E-state index in [0.717, 1.165) is 0 Å². The second-order valence-corrected chi connectivity index (χ2v) is 4.98. The van der Waals surface area contributed by atoms with Crippen molar-refractivity contribution >= 4 is 18.1 Å². The number of hydrogen-bond donors (Lipinski definition) is 1. The lowest BCUT2D eigenvalue weighted by atomic mass is 10.1. The molecular formula is C17H21NO7. The average Bonchev–Trinajstić information content (AvgIpc) is 3.08. The number of aliphatic hydroxyl groups is 1. The van der Waals surface area contributed by atoms with Crippen LogP contribution in [0.3, 0.4) is 0 Å². The van der Waals surface area contributed by atoms with Crippen LogP contribution in [0.4, 0.5) is 4.79 Å². The Hall–Kier alpha value is -2.74. The van der Waals surface area contributed by atoms with Crippen LogP contribution < -0.4 is 14.2 Å². The van der Waals surface area contributed by atoms with Gasteiger partial charge in [0.1, 0.15) is 12.4 Å². The van der Waals surface area contributed by atoms with Gasteiger partial charge in [-0.1, -0.05) is 0 Å². The van der Waals surface area contributed by atoms with Crippen LogP contribution in [0.5, 0.6) is 17.2 Å². The van der Waals surface area contributed by atoms with Crippen LogP contribution in [0, 0.1) is 0 Å². The Labute approximate surface area is 145 Å². The molecule has 1 amide bonds. The van der Waals surface area contributed by atoms with E-state index >= 15 is 0 Å². The zero-order valence-corrected chi connectivity index (χ0v) is 14.2. The Balaban J connectivity index is 2.26. The monoisotopic (exact) mass is 351 g/mol. The maximum absolute atomic E-state index is 12.2. The van der Waals surface area contributed by atoms with Crippen molar-refractivity contribution in [3.8, 4) is 17.2 Å². The molecule has 1 aromatic rings. The van der Waals surface area contributed by atoms with Crippen molar-refractivity contribution in [1.82, 2.24) is 4.90 Å². The average molecular weight is 351 g/mol. The van der Waals surface area contributed by atoms with E-state index in [0.29, 0.717) is 30.2 Å². The van der Waals surface area contributed by atoms with E-state index in [-0.39, 0.29) is 25.8 Å². The quantitative estimate of drug-likeness (QED) is 0.591. The molecule has 8 heteroatoms. The molecule has 1 aromatic carbocycles. The number of benzene rings is 1. The van der Waals surface area contributed by atoms with E-state index < -0.39 is 12.1 Å². The Kier molecular flexibility index (Phi) is 6.64. The first kappa shape index (κ1) is 18.6. The van der Waals surface area contributed by atoms with Gasteiger partial charge in [-0.05, 0) is 32.1 Å². The first-order chi connectivity index (χ1) is 12.1. The fraction of sp³-hybridized carbons (Fsp3) is 0.412. The molecule has 1 aliphatic heterocycles. The summed E-state index contributed by atoms with van der Waals surface area (Å²) >= 11 is 0. The van der Waals surface area contributed by atoms with Gasteiger partial charge >= 0.3 is 12.1 Å². The van der Waals surface area contributed by atoms with E-state index in [1.807, 2.05) is 13.8 Å². The van der Waals surface area contributed by atoms with E-state index in [1.165, 1.54) is 17.1 Å². The van der Waals surface area contributed by atoms with E-state index in [2.05, 4.69) is 0 Å². The normalized spacial score (nSPS) is 12.3. The molecule has 25 heavy (non-hydrogen) atoms. The number of esters is 1. The summed E-state index contributed by atoms with van der Waals surface area (Å²) < 4.78 is 20.9. The zero-order valence-electron chi connectivity index (χ0n) is 14.2. The number of nitrogens with zero attached hydrogens (tertiary/aromatic N) is 1. The summed E-state index contributed by atoms with van der Waals surface area (Å²) in [4.78, 5) is 25.3. The Morgan fingerprint density at radius 1 is 1.28 bits per heavy atom. The summed E-state index contributed by atoms with van der Waals surface area (Å²) in [5.41, 5.74) is 0.399. The number of amides is 1. The van der Waals surface area contributed by atoms with Crippen molar-refractivity contribution in [2.45, 2.75) is 13.8 Å². The van der Waals surface area contributed by atoms with Crippen LogP contribution in [0.25, 0.3) is 6.08 Å². The maximum atomic E-state index is 12.2. The first-order valence-electron chi connectivity index (χ1n) is 7.95. The minimum atomic E-state index is -0.633. The van der Waals surface area contributed by atoms with E-state index in [1.54, 1.807) is 12.1 Å². The molecule has 0 fully saturated rings. The highest BCUT2D eigenvalue weighted by atomic mass is 16.7. The third-order valence-electron chi connectivity index (χ3n) is 3.48. The second-order valence-electron chi connectivity index (χ2n) is 4.98. The zero-order chi connectivity index (χ0) is 18.2. The van der Waals surface area contributed by atoms with Gasteiger partial charge in [-0.2, -0.15) is 0 Å². The van der Waals surface area contributed by atoms with Gasteiger partial charge in [0, 0.05) is 19.2 Å². The minimum absolute atomic E-state index is 0.0403. The first-order valence-corrected chi connectivity index (χ1v) is 7.95. The van der Waals surface area contributed by atoms with Gasteiger partial charge in [0.15, 0.2) is 11.5 Å². The number of carbonyl (C=O) groups excluding carboxylic acids is 2. The lowest BCUT2D eigenvalue weighted by molar-refractivity contribution is -0.138. The molecule has 0 saturated carbocycles. The fourth-order valence-corrected chi connectivity index (χ4v) is 2.21. The van der Waals surface area contributed by atoms with Crippen LogP contribution in [0.2, 0.25) is 0 Å². The SMILES string of the molecule is CCN(CC)C(=O)Oc1ccc2c(c1/C=C/C(=O)OCCO)OCO2. The lowest BCUT2D eigenvalue weighted by Crippen LogP contribution is -2.33. The summed E-state index contributed by atoms with van der Waals surface area (Å²) in [6.45, 7) is 4.41. The second kappa shape index (κ2) is 8.93. The standard InChI is InChI=1S/C17H21NO7/c1-3-18(4-2)17(21)25-13-6-7-14-16(24-11-23-14)12(13)5-8-15(20)22-10-9-19/h5-8,19H,3-4,9-11H2,1-2H3/b8-5+. The molecule has 1 heterocycles. The summed E-state index contributed by atoms with van der Waals surface area (Å²) in [6, 6.07) is 3.21. The van der Waals surface area contributed by atoms with Crippen molar-refractivity contribution in [1.29, 1.82) is 0 Å². The predicted molar refractivity (Wildman–Crippen MR) is 88.6 cm³/mol. The molecule has 0 aromatic heterocycles. The minimum Gasteiger partial charge on any atom is -0.460 e. The highest BCUT2D eigenvalue weighted by molar-refractivity contribution is 5.89. The smallest absolute Gasteiger partial charge is 0.415 e. The van der Waals surface area contributed by atoms with E-state index in [4.69, 9.17) is 24.1 Å². The van der Waals surface area contributed by atoms with Crippen molar-refractivity contribution in [2.75, 3.05) is 33.1 Å². The molecule has 0 atom stereocenters. The summed E-state index contributed by atoms with van der Waals surface area (Å²) in [5, 5.41) is 8.67. The van der Waals surface area contributed by atoms with Gasteiger partial charge in [-0.15, -0.1) is 0 Å². The molecule has 8 nitrogen and oxygen atoms in total. The molecule has 2 rings (SSSR count). The molecule has 0 spiro atoms.